The maximum Gasteiger partial charge on any atom is 0.317 e. The van der Waals surface area contributed by atoms with E-state index >= 15 is 0 Å². The number of hydrogen-bond acceptors (Lipinski definition) is 4. The van der Waals surface area contributed by atoms with Crippen LogP contribution in [0.5, 0.6) is 0 Å². The molecule has 2 rings (SSSR count). The third kappa shape index (κ3) is 4.70. The minimum absolute atomic E-state index is 0.0205. The second-order valence-corrected chi connectivity index (χ2v) is 5.68. The average molecular weight is 297 g/mol. The van der Waals surface area contributed by atoms with E-state index < -0.39 is 5.97 Å². The molecule has 0 atom stereocenters. The quantitative estimate of drug-likeness (QED) is 0.765. The van der Waals surface area contributed by atoms with Crippen molar-refractivity contribution in [1.29, 1.82) is 0 Å². The number of carbonyl (C=O) groups is 3. The molecule has 0 spiro atoms. The van der Waals surface area contributed by atoms with Gasteiger partial charge in [0.1, 0.15) is 0 Å². The van der Waals surface area contributed by atoms with Crippen LogP contribution in [-0.4, -0.2) is 83.4 Å². The molecule has 1 N–H and O–H groups in total. The van der Waals surface area contributed by atoms with E-state index in [-0.39, 0.29) is 24.9 Å². The molecule has 21 heavy (non-hydrogen) atoms. The van der Waals surface area contributed by atoms with Crippen molar-refractivity contribution in [3.63, 3.8) is 0 Å². The lowest BCUT2D eigenvalue weighted by Gasteiger charge is -2.35. The van der Waals surface area contributed by atoms with Gasteiger partial charge in [-0.1, -0.05) is 6.42 Å². The molecule has 118 valence electrons. The topological polar surface area (TPSA) is 81.2 Å². The number of piperazine rings is 1. The van der Waals surface area contributed by atoms with Gasteiger partial charge in [0.25, 0.3) is 0 Å². The predicted molar refractivity (Wildman–Crippen MR) is 75.7 cm³/mol. The molecule has 2 amide bonds. The molecule has 0 aliphatic carbocycles. The Hall–Kier alpha value is -1.63. The Labute approximate surface area is 124 Å². The van der Waals surface area contributed by atoms with Crippen molar-refractivity contribution >= 4 is 17.8 Å². The van der Waals surface area contributed by atoms with Crippen molar-refractivity contribution in [2.45, 2.75) is 25.7 Å². The first-order chi connectivity index (χ1) is 10.1. The van der Waals surface area contributed by atoms with Crippen LogP contribution in [0.25, 0.3) is 0 Å². The van der Waals surface area contributed by atoms with Crippen LogP contribution in [0.2, 0.25) is 0 Å². The fourth-order valence-corrected chi connectivity index (χ4v) is 2.82. The molecule has 0 aromatic carbocycles. The molecule has 2 saturated heterocycles. The van der Waals surface area contributed by atoms with Crippen LogP contribution >= 0.6 is 0 Å². The van der Waals surface area contributed by atoms with E-state index in [1.807, 2.05) is 4.90 Å². The van der Waals surface area contributed by atoms with E-state index in [9.17, 15) is 14.4 Å². The standard InChI is InChI=1S/C14H23N3O4/c18-12-4-2-1-3-5-17(12)10-13(19)16-8-6-15(7-9-16)11-14(20)21/h1-11H2,(H,20,21). The number of amides is 2. The van der Waals surface area contributed by atoms with Crippen molar-refractivity contribution in [2.75, 3.05) is 45.8 Å². The highest BCUT2D eigenvalue weighted by atomic mass is 16.4. The lowest BCUT2D eigenvalue weighted by atomic mass is 10.2. The van der Waals surface area contributed by atoms with Crippen molar-refractivity contribution < 1.29 is 19.5 Å². The zero-order chi connectivity index (χ0) is 15.2. The third-order valence-electron chi connectivity index (χ3n) is 4.08. The number of aliphatic carboxylic acids is 1. The first kappa shape index (κ1) is 15.8. The van der Waals surface area contributed by atoms with Crippen LogP contribution in [0.1, 0.15) is 25.7 Å². The highest BCUT2D eigenvalue weighted by molar-refractivity contribution is 5.85. The van der Waals surface area contributed by atoms with Crippen molar-refractivity contribution in [1.82, 2.24) is 14.7 Å². The molecule has 0 unspecified atom stereocenters. The van der Waals surface area contributed by atoms with Gasteiger partial charge in [-0.3, -0.25) is 19.3 Å². The summed E-state index contributed by atoms with van der Waals surface area (Å²) in [7, 11) is 0. The van der Waals surface area contributed by atoms with E-state index in [0.717, 1.165) is 19.3 Å². The number of carboxylic acid groups (broad SMARTS) is 1. The summed E-state index contributed by atoms with van der Waals surface area (Å²) in [4.78, 5) is 40.0. The maximum atomic E-state index is 12.3. The second-order valence-electron chi connectivity index (χ2n) is 5.68. The zero-order valence-corrected chi connectivity index (χ0v) is 12.3. The molecule has 0 bridgehead atoms. The molecular formula is C14H23N3O4. The van der Waals surface area contributed by atoms with E-state index in [4.69, 9.17) is 5.11 Å². The predicted octanol–water partition coefficient (Wildman–Crippen LogP) is -0.382. The van der Waals surface area contributed by atoms with Crippen LogP contribution in [0.4, 0.5) is 0 Å². The molecule has 0 aromatic heterocycles. The SMILES string of the molecule is O=C(O)CN1CCN(C(=O)CN2CCCCCC2=O)CC1. The van der Waals surface area contributed by atoms with Crippen molar-refractivity contribution in [3.05, 3.63) is 0 Å². The van der Waals surface area contributed by atoms with E-state index in [1.165, 1.54) is 0 Å². The lowest BCUT2D eigenvalue weighted by Crippen LogP contribution is -2.52. The smallest absolute Gasteiger partial charge is 0.317 e. The van der Waals surface area contributed by atoms with Gasteiger partial charge in [0.15, 0.2) is 0 Å². The summed E-state index contributed by atoms with van der Waals surface area (Å²) in [5.74, 6) is -0.796. The lowest BCUT2D eigenvalue weighted by molar-refractivity contribution is -0.142. The second kappa shape index (κ2) is 7.40. The van der Waals surface area contributed by atoms with E-state index in [0.29, 0.717) is 39.1 Å². The van der Waals surface area contributed by atoms with Crippen molar-refractivity contribution in [3.8, 4) is 0 Å². The van der Waals surface area contributed by atoms with Gasteiger partial charge in [0.2, 0.25) is 11.8 Å². The summed E-state index contributed by atoms with van der Waals surface area (Å²) in [5, 5.41) is 8.75. The van der Waals surface area contributed by atoms with Gasteiger partial charge in [-0.05, 0) is 12.8 Å². The summed E-state index contributed by atoms with van der Waals surface area (Å²) < 4.78 is 0. The summed E-state index contributed by atoms with van der Waals surface area (Å²) in [5.41, 5.74) is 0. The fraction of sp³-hybridized carbons (Fsp3) is 0.786. The number of rotatable bonds is 4. The number of carboxylic acids is 1. The Morgan fingerprint density at radius 3 is 2.33 bits per heavy atom. The summed E-state index contributed by atoms with van der Waals surface area (Å²) in [6, 6.07) is 0. The van der Waals surface area contributed by atoms with Crippen LogP contribution in [-0.2, 0) is 14.4 Å². The largest absolute Gasteiger partial charge is 0.480 e. The van der Waals surface area contributed by atoms with Gasteiger partial charge in [0, 0.05) is 39.1 Å². The maximum absolute atomic E-state index is 12.3. The molecule has 0 aromatic rings. The Bertz CT molecular complexity index is 405. The molecule has 0 saturated carbocycles. The van der Waals surface area contributed by atoms with Gasteiger partial charge in [-0.2, -0.15) is 0 Å². The van der Waals surface area contributed by atoms with Gasteiger partial charge in [0.05, 0.1) is 13.1 Å². The zero-order valence-electron chi connectivity index (χ0n) is 12.3. The summed E-state index contributed by atoms with van der Waals surface area (Å²) >= 11 is 0. The molecule has 2 aliphatic rings. The average Bonchev–Trinajstić information content (AvgIpc) is 2.64. The molecule has 7 heteroatoms. The normalized spacial score (nSPS) is 21.2. The van der Waals surface area contributed by atoms with E-state index in [2.05, 4.69) is 0 Å². The van der Waals surface area contributed by atoms with Gasteiger partial charge >= 0.3 is 5.97 Å². The monoisotopic (exact) mass is 297 g/mol. The number of nitrogens with zero attached hydrogens (tertiary/aromatic N) is 3. The molecule has 2 heterocycles. The first-order valence-corrected chi connectivity index (χ1v) is 7.56. The molecule has 7 nitrogen and oxygen atoms in total. The van der Waals surface area contributed by atoms with Gasteiger partial charge < -0.3 is 14.9 Å². The number of hydrogen-bond donors (Lipinski definition) is 1. The Morgan fingerprint density at radius 2 is 1.67 bits per heavy atom. The van der Waals surface area contributed by atoms with Crippen LogP contribution < -0.4 is 0 Å². The Kier molecular flexibility index (Phi) is 5.55. The number of carbonyl (C=O) groups excluding carboxylic acids is 2. The highest BCUT2D eigenvalue weighted by Crippen LogP contribution is 2.12. The molecular weight excluding hydrogens is 274 g/mol. The molecule has 2 aliphatic heterocycles. The summed E-state index contributed by atoms with van der Waals surface area (Å²) in [6.45, 7) is 3.08. The summed E-state index contributed by atoms with van der Waals surface area (Å²) in [6.07, 6.45) is 3.47. The highest BCUT2D eigenvalue weighted by Gasteiger charge is 2.25. The Morgan fingerprint density at radius 1 is 0.952 bits per heavy atom. The van der Waals surface area contributed by atoms with Gasteiger partial charge in [-0.15, -0.1) is 0 Å². The number of likely N-dealkylation sites (tertiary alicyclic amines) is 1. The molecule has 2 fully saturated rings. The van der Waals surface area contributed by atoms with Crippen LogP contribution in [0.3, 0.4) is 0 Å². The Balaban J connectivity index is 1.79. The van der Waals surface area contributed by atoms with Gasteiger partial charge in [-0.25, -0.2) is 0 Å². The van der Waals surface area contributed by atoms with Crippen LogP contribution in [0, 0.1) is 0 Å². The fourth-order valence-electron chi connectivity index (χ4n) is 2.82. The molecule has 0 radical (unpaired) electrons. The minimum Gasteiger partial charge on any atom is -0.480 e. The van der Waals surface area contributed by atoms with E-state index in [1.54, 1.807) is 9.80 Å². The van der Waals surface area contributed by atoms with Crippen LogP contribution in [0.15, 0.2) is 0 Å². The minimum atomic E-state index is -0.843. The first-order valence-electron chi connectivity index (χ1n) is 7.56. The van der Waals surface area contributed by atoms with Crippen molar-refractivity contribution in [2.24, 2.45) is 0 Å². The third-order valence-corrected chi connectivity index (χ3v) is 4.08.